The quantitative estimate of drug-likeness (QED) is 0.909. The van der Waals surface area contributed by atoms with Crippen LogP contribution in [0.25, 0.3) is 0 Å². The van der Waals surface area contributed by atoms with Crippen molar-refractivity contribution in [3.63, 3.8) is 0 Å². The molecule has 0 radical (unpaired) electrons. The number of thiazole rings is 1. The van der Waals surface area contributed by atoms with Crippen molar-refractivity contribution in [2.24, 2.45) is 0 Å². The summed E-state index contributed by atoms with van der Waals surface area (Å²) in [5, 5.41) is 3.31. The van der Waals surface area contributed by atoms with E-state index in [1.807, 2.05) is 18.4 Å². The highest BCUT2D eigenvalue weighted by Crippen LogP contribution is 2.24. The maximum Gasteiger partial charge on any atom is 0.274 e. The maximum absolute atomic E-state index is 12.1. The molecule has 2 heterocycles. The topological polar surface area (TPSA) is 72.9 Å². The zero-order chi connectivity index (χ0) is 13.3. The van der Waals surface area contributed by atoms with Gasteiger partial charge in [0.1, 0.15) is 5.69 Å². The van der Waals surface area contributed by atoms with E-state index in [0.717, 1.165) is 3.79 Å². The van der Waals surface area contributed by atoms with Crippen LogP contribution in [0.2, 0.25) is 0 Å². The lowest BCUT2D eigenvalue weighted by molar-refractivity contribution is 0.101. The fourth-order valence-corrected chi connectivity index (χ4v) is 2.68. The molecule has 0 aliphatic carbocycles. The predicted octanol–water partition coefficient (Wildman–Crippen LogP) is 3.12. The largest absolute Gasteiger partial charge is 0.397 e. The van der Waals surface area contributed by atoms with Gasteiger partial charge in [-0.15, -0.1) is 0 Å². The summed E-state index contributed by atoms with van der Waals surface area (Å²) in [5.41, 5.74) is 6.85. The number of hydrogen-bond donors (Lipinski definition) is 2. The van der Waals surface area contributed by atoms with Crippen LogP contribution < -0.4 is 11.1 Å². The number of carbonyl (C=O) groups excluding carboxylic acids is 1. The molecule has 0 atom stereocenters. The molecule has 0 bridgehead atoms. The van der Waals surface area contributed by atoms with Gasteiger partial charge in [-0.2, -0.15) is 0 Å². The van der Waals surface area contributed by atoms with Crippen molar-refractivity contribution >= 4 is 44.0 Å². The monoisotopic (exact) mass is 328 g/mol. The fraction of sp³-hybridized carbons (Fsp3) is 0.273. The van der Waals surface area contributed by atoms with E-state index in [4.69, 9.17) is 5.73 Å². The number of halogens is 1. The second kappa shape index (κ2) is 5.11. The van der Waals surface area contributed by atoms with E-state index in [-0.39, 0.29) is 11.9 Å². The van der Waals surface area contributed by atoms with Crippen molar-refractivity contribution < 1.29 is 4.79 Å². The van der Waals surface area contributed by atoms with Crippen LogP contribution in [0.1, 0.15) is 30.4 Å². The maximum atomic E-state index is 12.1. The Bertz CT molecular complexity index is 575. The van der Waals surface area contributed by atoms with Gasteiger partial charge < -0.3 is 10.3 Å². The molecule has 0 saturated carbocycles. The Kier molecular flexibility index (Phi) is 3.72. The molecule has 5 nitrogen and oxygen atoms in total. The van der Waals surface area contributed by atoms with Gasteiger partial charge in [0.2, 0.25) is 0 Å². The molecule has 1 amide bonds. The number of nitrogens with two attached hydrogens (primary N) is 1. The Morgan fingerprint density at radius 1 is 1.61 bits per heavy atom. The highest BCUT2D eigenvalue weighted by molar-refractivity contribution is 9.11. The fourth-order valence-electron chi connectivity index (χ4n) is 1.58. The lowest BCUT2D eigenvalue weighted by atomic mass is 10.3. The molecule has 96 valence electrons. The van der Waals surface area contributed by atoms with Crippen LogP contribution in [0.4, 0.5) is 10.8 Å². The number of nitrogens with one attached hydrogen (secondary N) is 1. The Labute approximate surface area is 117 Å². The van der Waals surface area contributed by atoms with Crippen LogP contribution in [0.3, 0.4) is 0 Å². The van der Waals surface area contributed by atoms with Crippen molar-refractivity contribution in [2.75, 3.05) is 11.1 Å². The zero-order valence-corrected chi connectivity index (χ0v) is 12.4. The van der Waals surface area contributed by atoms with Crippen LogP contribution in [-0.2, 0) is 0 Å². The number of nitrogen functional groups attached to an aromatic ring is 1. The Balaban J connectivity index is 2.23. The number of rotatable bonds is 3. The van der Waals surface area contributed by atoms with E-state index in [1.165, 1.54) is 11.3 Å². The molecule has 2 aromatic rings. The minimum Gasteiger partial charge on any atom is -0.397 e. The molecule has 0 saturated heterocycles. The van der Waals surface area contributed by atoms with Gasteiger partial charge in [-0.25, -0.2) is 4.98 Å². The summed E-state index contributed by atoms with van der Waals surface area (Å²) in [7, 11) is 0. The van der Waals surface area contributed by atoms with E-state index in [1.54, 1.807) is 18.5 Å². The average molecular weight is 329 g/mol. The van der Waals surface area contributed by atoms with E-state index in [9.17, 15) is 4.79 Å². The van der Waals surface area contributed by atoms with Crippen LogP contribution in [0.15, 0.2) is 22.2 Å². The Morgan fingerprint density at radius 3 is 2.89 bits per heavy atom. The van der Waals surface area contributed by atoms with Crippen LogP contribution in [-0.4, -0.2) is 15.5 Å². The SMILES string of the molecule is CC(C)n1cc(N)cc1C(=O)Nc1ncc(Br)s1. The summed E-state index contributed by atoms with van der Waals surface area (Å²) in [5.74, 6) is -0.206. The first-order chi connectivity index (χ1) is 8.47. The first-order valence-corrected chi connectivity index (χ1v) is 6.98. The summed E-state index contributed by atoms with van der Waals surface area (Å²) >= 11 is 4.66. The predicted molar refractivity (Wildman–Crippen MR) is 77.0 cm³/mol. The van der Waals surface area contributed by atoms with Crippen molar-refractivity contribution in [3.8, 4) is 0 Å². The number of aromatic nitrogens is 2. The third kappa shape index (κ3) is 2.73. The lowest BCUT2D eigenvalue weighted by Gasteiger charge is -2.11. The van der Waals surface area contributed by atoms with E-state index in [2.05, 4.69) is 26.2 Å². The van der Waals surface area contributed by atoms with Crippen molar-refractivity contribution in [1.29, 1.82) is 0 Å². The van der Waals surface area contributed by atoms with Gasteiger partial charge >= 0.3 is 0 Å². The average Bonchev–Trinajstić information content (AvgIpc) is 2.85. The third-order valence-electron chi connectivity index (χ3n) is 2.36. The summed E-state index contributed by atoms with van der Waals surface area (Å²) in [6.45, 7) is 3.99. The minimum atomic E-state index is -0.206. The highest BCUT2D eigenvalue weighted by atomic mass is 79.9. The van der Waals surface area contributed by atoms with Gasteiger partial charge in [-0.05, 0) is 35.8 Å². The molecule has 0 aliphatic heterocycles. The summed E-state index contributed by atoms with van der Waals surface area (Å²) in [6, 6.07) is 1.84. The molecule has 0 unspecified atom stereocenters. The molecule has 18 heavy (non-hydrogen) atoms. The molecular formula is C11H13BrN4OS. The molecule has 0 spiro atoms. The Hall–Kier alpha value is -1.34. The first kappa shape index (κ1) is 13.1. The van der Waals surface area contributed by atoms with Crippen LogP contribution >= 0.6 is 27.3 Å². The smallest absolute Gasteiger partial charge is 0.274 e. The second-order valence-electron chi connectivity index (χ2n) is 4.08. The number of carbonyl (C=O) groups is 1. The number of nitrogens with zero attached hydrogens (tertiary/aromatic N) is 2. The first-order valence-electron chi connectivity index (χ1n) is 5.37. The Morgan fingerprint density at radius 2 is 2.33 bits per heavy atom. The third-order valence-corrected chi connectivity index (χ3v) is 3.75. The minimum absolute atomic E-state index is 0.172. The highest BCUT2D eigenvalue weighted by Gasteiger charge is 2.16. The van der Waals surface area contributed by atoms with Gasteiger partial charge in [0.25, 0.3) is 5.91 Å². The molecule has 2 rings (SSSR count). The number of anilines is 2. The normalized spacial score (nSPS) is 10.9. The van der Waals surface area contributed by atoms with Gasteiger partial charge in [0.05, 0.1) is 15.7 Å². The zero-order valence-electron chi connectivity index (χ0n) is 9.98. The summed E-state index contributed by atoms with van der Waals surface area (Å²) < 4.78 is 2.71. The van der Waals surface area contributed by atoms with Crippen molar-refractivity contribution in [2.45, 2.75) is 19.9 Å². The summed E-state index contributed by atoms with van der Waals surface area (Å²) in [6.07, 6.45) is 3.41. The molecule has 2 aromatic heterocycles. The molecular weight excluding hydrogens is 316 g/mol. The molecule has 7 heteroatoms. The molecule has 3 N–H and O–H groups in total. The van der Waals surface area contributed by atoms with E-state index >= 15 is 0 Å². The van der Waals surface area contributed by atoms with E-state index in [0.29, 0.717) is 16.5 Å². The van der Waals surface area contributed by atoms with Gasteiger partial charge in [-0.1, -0.05) is 11.3 Å². The lowest BCUT2D eigenvalue weighted by Crippen LogP contribution is -2.17. The molecule has 0 fully saturated rings. The van der Waals surface area contributed by atoms with Crippen molar-refractivity contribution in [3.05, 3.63) is 27.9 Å². The van der Waals surface area contributed by atoms with Gasteiger partial charge in [-0.3, -0.25) is 10.1 Å². The number of hydrogen-bond acceptors (Lipinski definition) is 4. The van der Waals surface area contributed by atoms with E-state index < -0.39 is 0 Å². The summed E-state index contributed by atoms with van der Waals surface area (Å²) in [4.78, 5) is 16.2. The van der Waals surface area contributed by atoms with Gasteiger partial charge in [0.15, 0.2) is 5.13 Å². The molecule has 0 aliphatic rings. The van der Waals surface area contributed by atoms with Crippen LogP contribution in [0.5, 0.6) is 0 Å². The standard InChI is InChI=1S/C11H13BrN4OS/c1-6(2)16-5-7(13)3-8(16)10(17)15-11-14-4-9(12)18-11/h3-6H,13H2,1-2H3,(H,14,15,17). The van der Waals surface area contributed by atoms with Crippen molar-refractivity contribution in [1.82, 2.24) is 9.55 Å². The van der Waals surface area contributed by atoms with Crippen LogP contribution in [0, 0.1) is 0 Å². The van der Waals surface area contributed by atoms with Gasteiger partial charge in [0, 0.05) is 12.2 Å². The molecule has 0 aromatic carbocycles. The number of amides is 1. The second-order valence-corrected chi connectivity index (χ2v) is 6.49.